The lowest BCUT2D eigenvalue weighted by atomic mass is 10.0. The Bertz CT molecular complexity index is 45.1. The highest BCUT2D eigenvalue weighted by Gasteiger charge is 2.12. The Balaban J connectivity index is 0.0000000800. The van der Waals surface area contributed by atoms with Crippen molar-refractivity contribution in [2.24, 2.45) is 5.92 Å². The summed E-state index contributed by atoms with van der Waals surface area (Å²) in [5, 5.41) is 0. The molecule has 0 radical (unpaired) electrons. The molecule has 0 aromatic heterocycles. The van der Waals surface area contributed by atoms with Crippen LogP contribution in [0.3, 0.4) is 0 Å². The molecule has 2 rings (SSSR count). The van der Waals surface area contributed by atoms with Gasteiger partial charge in [0.25, 0.3) is 0 Å². The van der Waals surface area contributed by atoms with Crippen molar-refractivity contribution in [1.29, 1.82) is 0 Å². The maximum atomic E-state index is 2.28. The van der Waals surface area contributed by atoms with Crippen molar-refractivity contribution in [2.45, 2.75) is 45.4 Å². The Labute approximate surface area is 52.3 Å². The standard InChI is InChI=1S/2C4H8/c1-4-2-3-4;1-2-4-3-1/h4H,2-3H2,1H3;1-4H2. The fourth-order valence-corrected chi connectivity index (χ4v) is 0.417. The molecule has 48 valence electrons. The van der Waals surface area contributed by atoms with Crippen LogP contribution in [0.4, 0.5) is 0 Å². The van der Waals surface area contributed by atoms with Crippen molar-refractivity contribution in [3.8, 4) is 0 Å². The first-order valence-electron chi connectivity index (χ1n) is 3.89. The fraction of sp³-hybridized carbons (Fsp3) is 1.00. The van der Waals surface area contributed by atoms with Crippen molar-refractivity contribution in [3.63, 3.8) is 0 Å². The third-order valence-corrected chi connectivity index (χ3v) is 1.87. The molecular weight excluding hydrogens is 96.1 g/mol. The van der Waals surface area contributed by atoms with E-state index < -0.39 is 0 Å². The Hall–Kier alpha value is 0. The molecule has 0 heteroatoms. The fourth-order valence-electron chi connectivity index (χ4n) is 0.417. The zero-order valence-electron chi connectivity index (χ0n) is 5.82. The molecule has 0 amide bonds. The second kappa shape index (κ2) is 3.11. The summed E-state index contributed by atoms with van der Waals surface area (Å²) in [6.07, 6.45) is 8.97. The van der Waals surface area contributed by atoms with Crippen LogP contribution in [0.2, 0.25) is 0 Å². The van der Waals surface area contributed by atoms with Gasteiger partial charge in [-0.2, -0.15) is 0 Å². The van der Waals surface area contributed by atoms with Crippen LogP contribution in [-0.4, -0.2) is 0 Å². The number of hydrogen-bond donors (Lipinski definition) is 0. The van der Waals surface area contributed by atoms with Crippen LogP contribution in [0.15, 0.2) is 0 Å². The van der Waals surface area contributed by atoms with Gasteiger partial charge >= 0.3 is 0 Å². The third kappa shape index (κ3) is 3.06. The van der Waals surface area contributed by atoms with Gasteiger partial charge in [0.05, 0.1) is 0 Å². The molecule has 0 nitrogen and oxygen atoms in total. The van der Waals surface area contributed by atoms with Gasteiger partial charge in [0, 0.05) is 0 Å². The van der Waals surface area contributed by atoms with Gasteiger partial charge in [-0.25, -0.2) is 0 Å². The highest BCUT2D eigenvalue weighted by Crippen LogP contribution is 2.26. The predicted octanol–water partition coefficient (Wildman–Crippen LogP) is 2.98. The Morgan fingerprint density at radius 2 is 1.12 bits per heavy atom. The summed E-state index contributed by atoms with van der Waals surface area (Å²) in [5.74, 6) is 1.08. The first-order chi connectivity index (χ1) is 3.89. The maximum Gasteiger partial charge on any atom is -0.0443 e. The normalized spacial score (nSPS) is 25.1. The van der Waals surface area contributed by atoms with Gasteiger partial charge in [-0.3, -0.25) is 0 Å². The van der Waals surface area contributed by atoms with E-state index in [1.54, 1.807) is 0 Å². The second-order valence-electron chi connectivity index (χ2n) is 3.10. The molecule has 0 N–H and O–H groups in total. The first-order valence-corrected chi connectivity index (χ1v) is 3.89. The van der Waals surface area contributed by atoms with Crippen molar-refractivity contribution in [2.75, 3.05) is 0 Å². The molecule has 0 aliphatic heterocycles. The molecule has 2 aliphatic carbocycles. The molecule has 2 aliphatic rings. The molecule has 0 bridgehead atoms. The zero-order valence-corrected chi connectivity index (χ0v) is 5.82. The van der Waals surface area contributed by atoms with E-state index in [1.807, 2.05) is 0 Å². The summed E-state index contributed by atoms with van der Waals surface area (Å²) in [7, 11) is 0. The lowest BCUT2D eigenvalue weighted by Gasteiger charge is -2.05. The Kier molecular flexibility index (Phi) is 2.38. The Morgan fingerprint density at radius 1 is 0.875 bits per heavy atom. The molecule has 0 saturated heterocycles. The lowest BCUT2D eigenvalue weighted by molar-refractivity contribution is 0.504. The maximum absolute atomic E-state index is 2.28. The topological polar surface area (TPSA) is 0 Å². The van der Waals surface area contributed by atoms with E-state index >= 15 is 0 Å². The van der Waals surface area contributed by atoms with Gasteiger partial charge in [-0.05, 0) is 5.92 Å². The molecule has 2 fully saturated rings. The molecule has 0 atom stereocenters. The summed E-state index contributed by atoms with van der Waals surface area (Å²) >= 11 is 0. The number of hydrogen-bond acceptors (Lipinski definition) is 0. The van der Waals surface area contributed by atoms with Crippen LogP contribution in [0, 0.1) is 5.92 Å². The van der Waals surface area contributed by atoms with E-state index in [9.17, 15) is 0 Å². The molecule has 0 spiro atoms. The summed E-state index contributed by atoms with van der Waals surface area (Å²) in [6.45, 7) is 2.28. The lowest BCUT2D eigenvalue weighted by Crippen LogP contribution is -1.85. The second-order valence-corrected chi connectivity index (χ2v) is 3.10. The largest absolute Gasteiger partial charge is 0.0625 e. The molecule has 0 unspecified atom stereocenters. The highest BCUT2D eigenvalue weighted by molar-refractivity contribution is 4.65. The summed E-state index contributed by atoms with van der Waals surface area (Å²) < 4.78 is 0. The van der Waals surface area contributed by atoms with Gasteiger partial charge in [0.1, 0.15) is 0 Å². The highest BCUT2D eigenvalue weighted by atomic mass is 14.2. The van der Waals surface area contributed by atoms with Crippen molar-refractivity contribution in [3.05, 3.63) is 0 Å². The van der Waals surface area contributed by atoms with Crippen LogP contribution in [0.5, 0.6) is 0 Å². The van der Waals surface area contributed by atoms with E-state index in [0.717, 1.165) is 5.92 Å². The van der Waals surface area contributed by atoms with E-state index in [0.29, 0.717) is 0 Å². The average molecular weight is 112 g/mol. The molecule has 2 saturated carbocycles. The molecule has 0 aromatic rings. The average Bonchev–Trinajstić information content (AvgIpc) is 2.13. The molecule has 0 aromatic carbocycles. The predicted molar refractivity (Wildman–Crippen MR) is 36.9 cm³/mol. The molecular formula is C8H16. The SMILES string of the molecule is C1CCC1.CC1CC1. The minimum absolute atomic E-state index is 1.08. The van der Waals surface area contributed by atoms with Crippen LogP contribution < -0.4 is 0 Å². The van der Waals surface area contributed by atoms with Gasteiger partial charge in [-0.15, -0.1) is 0 Å². The van der Waals surface area contributed by atoms with E-state index in [1.165, 1.54) is 38.5 Å². The molecule has 0 heterocycles. The zero-order chi connectivity index (χ0) is 5.82. The van der Waals surface area contributed by atoms with Gasteiger partial charge in [0.15, 0.2) is 0 Å². The summed E-state index contributed by atoms with van der Waals surface area (Å²) in [4.78, 5) is 0. The van der Waals surface area contributed by atoms with Gasteiger partial charge in [-0.1, -0.05) is 45.4 Å². The van der Waals surface area contributed by atoms with E-state index in [-0.39, 0.29) is 0 Å². The van der Waals surface area contributed by atoms with Crippen molar-refractivity contribution >= 4 is 0 Å². The van der Waals surface area contributed by atoms with Crippen LogP contribution in [0.25, 0.3) is 0 Å². The van der Waals surface area contributed by atoms with Crippen LogP contribution in [0.1, 0.15) is 45.4 Å². The smallest absolute Gasteiger partial charge is 0.0443 e. The number of rotatable bonds is 0. The van der Waals surface area contributed by atoms with Gasteiger partial charge < -0.3 is 0 Å². The summed E-state index contributed by atoms with van der Waals surface area (Å²) in [5.41, 5.74) is 0. The van der Waals surface area contributed by atoms with Crippen LogP contribution >= 0.6 is 0 Å². The van der Waals surface area contributed by atoms with Crippen LogP contribution in [-0.2, 0) is 0 Å². The molecule has 8 heavy (non-hydrogen) atoms. The third-order valence-electron chi connectivity index (χ3n) is 1.87. The van der Waals surface area contributed by atoms with E-state index in [4.69, 9.17) is 0 Å². The monoisotopic (exact) mass is 112 g/mol. The van der Waals surface area contributed by atoms with Gasteiger partial charge in [0.2, 0.25) is 0 Å². The quantitative estimate of drug-likeness (QED) is 0.452. The minimum atomic E-state index is 1.08. The first kappa shape index (κ1) is 6.12. The van der Waals surface area contributed by atoms with Crippen molar-refractivity contribution < 1.29 is 0 Å². The van der Waals surface area contributed by atoms with E-state index in [2.05, 4.69) is 6.92 Å². The summed E-state index contributed by atoms with van der Waals surface area (Å²) in [6, 6.07) is 0. The Morgan fingerprint density at radius 3 is 1.12 bits per heavy atom. The minimum Gasteiger partial charge on any atom is -0.0625 e. The van der Waals surface area contributed by atoms with Crippen molar-refractivity contribution in [1.82, 2.24) is 0 Å².